The zero-order valence-corrected chi connectivity index (χ0v) is 82.6. The second kappa shape index (κ2) is 33.2. The van der Waals surface area contributed by atoms with Crippen LogP contribution in [-0.4, -0.2) is 9.13 Å². The smallest absolute Gasteiger partial charge is 0.0626 e. The van der Waals surface area contributed by atoms with Gasteiger partial charge < -0.3 is 14.0 Å². The molecule has 0 aliphatic heterocycles. The second-order valence-electron chi connectivity index (χ2n) is 42.2. The average molecular weight is 1870 g/mol. The summed E-state index contributed by atoms with van der Waals surface area (Å²) in [5.41, 5.74) is 25.2. The molecule has 0 amide bonds. The van der Waals surface area contributed by atoms with E-state index in [1.807, 2.05) is 0 Å². The minimum Gasteiger partial charge on any atom is -0.310 e. The highest BCUT2D eigenvalue weighted by molar-refractivity contribution is 6.40. The van der Waals surface area contributed by atoms with Gasteiger partial charge in [-0.05, 0) is 256 Å². The Morgan fingerprint density at radius 1 is 0.170 bits per heavy atom. The van der Waals surface area contributed by atoms with Gasteiger partial charge in [0.05, 0.1) is 39.5 Å². The molecule has 2 aromatic heterocycles. The van der Waals surface area contributed by atoms with E-state index in [-0.39, 0.29) is 10.8 Å². The van der Waals surface area contributed by atoms with Crippen LogP contribution in [0.1, 0.15) is 52.7 Å². The molecule has 0 bridgehead atoms. The lowest BCUT2D eigenvalue weighted by Gasteiger charge is -2.30. The summed E-state index contributed by atoms with van der Waals surface area (Å²) in [6.07, 6.45) is 0. The maximum absolute atomic E-state index is 2.64. The highest BCUT2D eigenvalue weighted by Crippen LogP contribution is 2.58. The minimum atomic E-state index is -0.104. The summed E-state index contributed by atoms with van der Waals surface area (Å²) in [5, 5.41) is 42.9. The van der Waals surface area contributed by atoms with E-state index in [0.717, 1.165) is 22.7 Å². The van der Waals surface area contributed by atoms with E-state index in [9.17, 15) is 0 Å². The van der Waals surface area contributed by atoms with Crippen molar-refractivity contribution in [3.63, 3.8) is 0 Å². The molecule has 30 rings (SSSR count). The van der Waals surface area contributed by atoms with Crippen LogP contribution in [0.15, 0.2) is 491 Å². The van der Waals surface area contributed by atoms with Crippen LogP contribution in [0.5, 0.6) is 0 Å². The van der Waals surface area contributed by atoms with E-state index in [0.29, 0.717) is 0 Å². The van der Waals surface area contributed by atoms with Gasteiger partial charge in [0.25, 0.3) is 0 Å². The zero-order valence-electron chi connectivity index (χ0n) is 82.6. The van der Waals surface area contributed by atoms with Crippen molar-refractivity contribution in [1.29, 1.82) is 0 Å². The van der Waals surface area contributed by atoms with Crippen LogP contribution in [0.2, 0.25) is 0 Å². The summed E-state index contributed by atoms with van der Waals surface area (Å²) >= 11 is 0. The van der Waals surface area contributed by atoms with E-state index >= 15 is 0 Å². The number of rotatable bonds is 11. The predicted octanol–water partition coefficient (Wildman–Crippen LogP) is 40.7. The molecule has 0 N–H and O–H groups in total. The summed E-state index contributed by atoms with van der Waals surface area (Å²) in [6, 6.07) is 184. The zero-order chi connectivity index (χ0) is 97.8. The Kier molecular flexibility index (Phi) is 19.3. The van der Waals surface area contributed by atoms with E-state index in [4.69, 9.17) is 0 Å². The molecule has 0 saturated carbocycles. The van der Waals surface area contributed by atoms with Gasteiger partial charge in [-0.3, -0.25) is 0 Å². The Morgan fingerprint density at radius 2 is 0.517 bits per heavy atom. The molecule has 0 aliphatic carbocycles. The number of para-hydroxylation sites is 1. The molecule has 0 unspecified atom stereocenters. The van der Waals surface area contributed by atoms with E-state index in [1.54, 1.807) is 0 Å². The maximum atomic E-state index is 2.64. The van der Waals surface area contributed by atoms with Crippen LogP contribution in [0.25, 0.3) is 273 Å². The molecular formula is C144H99N3. The summed E-state index contributed by atoms with van der Waals surface area (Å²) in [5.74, 6) is 0. The Balaban J connectivity index is 0.000000142. The topological polar surface area (TPSA) is 13.1 Å². The Hall–Kier alpha value is -18.3. The Bertz CT molecular complexity index is 10700. The quantitative estimate of drug-likeness (QED) is 0.0929. The first-order valence-electron chi connectivity index (χ1n) is 51.6. The van der Waals surface area contributed by atoms with Crippen LogP contribution in [0, 0.1) is 0 Å². The number of fused-ring (bicyclic) bond motifs is 20. The first kappa shape index (κ1) is 85.5. The van der Waals surface area contributed by atoms with E-state index < -0.39 is 0 Å². The molecule has 0 atom stereocenters. The molecule has 690 valence electrons. The van der Waals surface area contributed by atoms with Gasteiger partial charge in [0.2, 0.25) is 0 Å². The van der Waals surface area contributed by atoms with Gasteiger partial charge in [0.15, 0.2) is 0 Å². The lowest BCUT2D eigenvalue weighted by atomic mass is 9.73. The third kappa shape index (κ3) is 13.2. The highest BCUT2D eigenvalue weighted by atomic mass is 15.1. The van der Waals surface area contributed by atoms with Gasteiger partial charge >= 0.3 is 0 Å². The molecular weight excluding hydrogens is 1770 g/mol. The molecule has 2 heterocycles. The summed E-state index contributed by atoms with van der Waals surface area (Å²) in [7, 11) is 0. The van der Waals surface area contributed by atoms with Crippen molar-refractivity contribution in [1.82, 2.24) is 9.13 Å². The minimum absolute atomic E-state index is 0.0690. The number of anilines is 3. The largest absolute Gasteiger partial charge is 0.310 e. The van der Waals surface area contributed by atoms with Gasteiger partial charge in [-0.25, -0.2) is 0 Å². The normalized spacial score (nSPS) is 12.3. The second-order valence-corrected chi connectivity index (χ2v) is 42.2. The highest BCUT2D eigenvalue weighted by Gasteiger charge is 2.35. The molecule has 0 fully saturated rings. The third-order valence-electron chi connectivity index (χ3n) is 31.9. The van der Waals surface area contributed by atoms with Crippen LogP contribution < -0.4 is 4.90 Å². The summed E-state index contributed by atoms with van der Waals surface area (Å²) < 4.78 is 5.26. The molecule has 30 aromatic rings. The molecule has 0 radical (unpaired) electrons. The van der Waals surface area contributed by atoms with Crippen molar-refractivity contribution in [3.8, 4) is 78.4 Å². The predicted molar refractivity (Wildman–Crippen MR) is 634 cm³/mol. The number of hydrogen-bond acceptors (Lipinski definition) is 1. The van der Waals surface area contributed by atoms with Crippen LogP contribution in [-0.2, 0) is 10.8 Å². The fourth-order valence-corrected chi connectivity index (χ4v) is 26.0. The molecule has 3 heteroatoms. The maximum Gasteiger partial charge on any atom is 0.0626 e. The molecule has 0 saturated heterocycles. The lowest BCUT2D eigenvalue weighted by Crippen LogP contribution is -2.17. The number of hydrogen-bond donors (Lipinski definition) is 0. The van der Waals surface area contributed by atoms with E-state index in [2.05, 4.69) is 547 Å². The molecule has 147 heavy (non-hydrogen) atoms. The standard InChI is InChI=1S/C80H59N.C64H40N2/c1-79(2,3)75-62-33-18-19-34-63(62)76(80(4,5)6)68-46-53(40-43-64(68)75)66-47-67-56-30-15-20-35-65(56)78-74(73(67)60-32-17-14-29-55(60)66)72(48-22-9-7-10-23-48)77(52-24-11-8-12-25-52)81(78)69-45-44-57(54-28-13-16-31-59(54)69)58-41-38-51-37-36-49-26-21-27-50-39-42-61(58)71(51)70(49)50;1-4-18-42(19-5-1)60-62-61-52-29-14-13-28-51(52)57(65(48-25-8-3-9-26-48)49-36-33-41-17-10-11-22-47(41)39-49)40-55(61)50-27-12-15-30-53(50)64(62)66(63(60)46-20-6-2-7-21-46)56-38-35-45-32-31-43-23-16-24-44-34-37-54(56)59(45)58(43)44/h7-47H,1-6H3;1-40H. The van der Waals surface area contributed by atoms with Crippen molar-refractivity contribution >= 4 is 211 Å². The first-order chi connectivity index (χ1) is 72.3. The van der Waals surface area contributed by atoms with Crippen molar-refractivity contribution in [2.24, 2.45) is 0 Å². The first-order valence-corrected chi connectivity index (χ1v) is 51.6. The fourth-order valence-electron chi connectivity index (χ4n) is 26.0. The third-order valence-corrected chi connectivity index (χ3v) is 31.9. The van der Waals surface area contributed by atoms with Crippen molar-refractivity contribution < 1.29 is 0 Å². The van der Waals surface area contributed by atoms with Crippen molar-refractivity contribution in [2.45, 2.75) is 52.4 Å². The summed E-state index contributed by atoms with van der Waals surface area (Å²) in [6.45, 7) is 14.3. The number of benzene rings is 28. The fraction of sp³-hybridized carbons (Fsp3) is 0.0556. The van der Waals surface area contributed by atoms with Gasteiger partial charge in [-0.1, -0.05) is 478 Å². The van der Waals surface area contributed by atoms with Crippen LogP contribution in [0.4, 0.5) is 17.1 Å². The summed E-state index contributed by atoms with van der Waals surface area (Å²) in [4.78, 5) is 2.45. The van der Waals surface area contributed by atoms with Crippen molar-refractivity contribution in [3.05, 3.63) is 503 Å². The van der Waals surface area contributed by atoms with Gasteiger partial charge in [0, 0.05) is 71.0 Å². The molecule has 3 nitrogen and oxygen atoms in total. The average Bonchev–Trinajstić information content (AvgIpc) is 1.53. The van der Waals surface area contributed by atoms with Gasteiger partial charge in [-0.15, -0.1) is 0 Å². The molecule has 28 aromatic carbocycles. The Labute approximate surface area is 852 Å². The van der Waals surface area contributed by atoms with E-state index in [1.165, 1.54) is 278 Å². The van der Waals surface area contributed by atoms with Crippen LogP contribution >= 0.6 is 0 Å². The Morgan fingerprint density at radius 3 is 1.05 bits per heavy atom. The van der Waals surface area contributed by atoms with Crippen LogP contribution in [0.3, 0.4) is 0 Å². The number of aromatic nitrogens is 2. The monoisotopic (exact) mass is 1870 g/mol. The SMILES string of the molecule is CC(C)(C)c1c2ccccc2c(C(C)(C)C)c2cc(-c3cc4c5ccccc5c5c(c(-c6ccccc6)c(-c6ccccc6)n5-c5ccc(-c6ccc7ccc8cccc9ccc6c7c89)c6ccccc56)c4c4ccccc34)ccc12.c1ccc(-c2c(-c3ccccc3)n(-c3ccc4ccc5cccc6ccc3c4c56)c3c4ccccc4c4cc(N(c5ccccc5)c5ccc6ccccc6c5)c5ccccc5c4c23)cc1. The van der Waals surface area contributed by atoms with Gasteiger partial charge in [-0.2, -0.15) is 0 Å². The molecule has 0 spiro atoms. The van der Waals surface area contributed by atoms with Crippen molar-refractivity contribution in [2.75, 3.05) is 4.90 Å². The molecule has 0 aliphatic rings. The van der Waals surface area contributed by atoms with Gasteiger partial charge in [0.1, 0.15) is 0 Å². The number of nitrogens with zero attached hydrogens (tertiary/aromatic N) is 3. The lowest BCUT2D eigenvalue weighted by molar-refractivity contribution is 0.593.